The average Bonchev–Trinajstić information content (AvgIpc) is 3.33. The van der Waals surface area contributed by atoms with Gasteiger partial charge in [-0.3, -0.25) is 14.3 Å². The van der Waals surface area contributed by atoms with Gasteiger partial charge in [-0.05, 0) is 51.4 Å². The number of anilines is 1. The molecule has 2 aliphatic rings. The molecule has 7 heteroatoms. The fourth-order valence-electron chi connectivity index (χ4n) is 5.38. The van der Waals surface area contributed by atoms with E-state index in [4.69, 9.17) is 4.52 Å². The van der Waals surface area contributed by atoms with E-state index in [9.17, 15) is 9.59 Å². The second kappa shape index (κ2) is 7.75. The SMILES string of the molecule is Cc1c(C(=O)Nc2c(C)n(C)n(C3CCCCC3)c2=O)noc1C1CCC(C)(C)C1. The predicted molar refractivity (Wildman–Crippen MR) is 116 cm³/mol. The van der Waals surface area contributed by atoms with Crippen molar-refractivity contribution >= 4 is 11.6 Å². The van der Waals surface area contributed by atoms with Gasteiger partial charge in [0, 0.05) is 18.5 Å². The first-order chi connectivity index (χ1) is 14.2. The Bertz CT molecular complexity index is 1000. The highest BCUT2D eigenvalue weighted by Crippen LogP contribution is 2.47. The van der Waals surface area contributed by atoms with Crippen molar-refractivity contribution in [3.63, 3.8) is 0 Å². The zero-order valence-electron chi connectivity index (χ0n) is 18.9. The monoisotopic (exact) mass is 414 g/mol. The lowest BCUT2D eigenvalue weighted by atomic mass is 9.89. The highest BCUT2D eigenvalue weighted by Gasteiger charge is 2.36. The molecule has 0 spiro atoms. The van der Waals surface area contributed by atoms with Crippen LogP contribution in [-0.4, -0.2) is 20.4 Å². The molecule has 1 unspecified atom stereocenters. The summed E-state index contributed by atoms with van der Waals surface area (Å²) >= 11 is 0. The maximum Gasteiger partial charge on any atom is 0.291 e. The van der Waals surface area contributed by atoms with Crippen LogP contribution in [-0.2, 0) is 7.05 Å². The van der Waals surface area contributed by atoms with Crippen molar-refractivity contribution in [1.29, 1.82) is 0 Å². The summed E-state index contributed by atoms with van der Waals surface area (Å²) in [5.74, 6) is 0.743. The summed E-state index contributed by atoms with van der Waals surface area (Å²) in [6, 6.07) is 0.201. The molecule has 2 saturated carbocycles. The van der Waals surface area contributed by atoms with E-state index in [1.165, 1.54) is 6.42 Å². The lowest BCUT2D eigenvalue weighted by molar-refractivity contribution is 0.101. The van der Waals surface area contributed by atoms with Crippen LogP contribution in [0.4, 0.5) is 5.69 Å². The van der Waals surface area contributed by atoms with Gasteiger partial charge in [-0.1, -0.05) is 38.3 Å². The Morgan fingerprint density at radius 2 is 1.87 bits per heavy atom. The molecule has 0 aliphatic heterocycles. The molecule has 0 saturated heterocycles. The molecule has 4 rings (SSSR count). The van der Waals surface area contributed by atoms with E-state index in [-0.39, 0.29) is 28.6 Å². The van der Waals surface area contributed by atoms with E-state index in [2.05, 4.69) is 24.3 Å². The molecule has 164 valence electrons. The first-order valence-corrected chi connectivity index (χ1v) is 11.2. The Kier molecular flexibility index (Phi) is 5.41. The predicted octanol–water partition coefficient (Wildman–Crippen LogP) is 4.84. The Balaban J connectivity index is 1.57. The van der Waals surface area contributed by atoms with Gasteiger partial charge in [0.25, 0.3) is 11.5 Å². The van der Waals surface area contributed by atoms with Crippen molar-refractivity contribution < 1.29 is 9.32 Å². The van der Waals surface area contributed by atoms with Crippen LogP contribution >= 0.6 is 0 Å². The van der Waals surface area contributed by atoms with Gasteiger partial charge in [-0.25, -0.2) is 4.68 Å². The normalized spacial score (nSPS) is 21.8. The Morgan fingerprint density at radius 3 is 2.50 bits per heavy atom. The zero-order chi connectivity index (χ0) is 21.6. The Hall–Kier alpha value is -2.31. The van der Waals surface area contributed by atoms with Gasteiger partial charge in [-0.2, -0.15) is 0 Å². The number of nitrogens with one attached hydrogen (secondary N) is 1. The van der Waals surface area contributed by atoms with E-state index >= 15 is 0 Å². The Labute approximate surface area is 177 Å². The molecule has 2 aliphatic carbocycles. The third-order valence-electron chi connectivity index (χ3n) is 7.27. The van der Waals surface area contributed by atoms with Gasteiger partial charge in [0.15, 0.2) is 5.69 Å². The van der Waals surface area contributed by atoms with Crippen molar-refractivity contribution in [2.24, 2.45) is 12.5 Å². The molecule has 1 atom stereocenters. The molecule has 7 nitrogen and oxygen atoms in total. The van der Waals surface area contributed by atoms with Crippen molar-refractivity contribution in [2.45, 2.75) is 91.0 Å². The van der Waals surface area contributed by atoms with Crippen LogP contribution < -0.4 is 10.9 Å². The summed E-state index contributed by atoms with van der Waals surface area (Å²) in [6.07, 6.45) is 8.75. The number of amides is 1. The van der Waals surface area contributed by atoms with Gasteiger partial charge in [0.2, 0.25) is 0 Å². The maximum absolute atomic E-state index is 13.1. The van der Waals surface area contributed by atoms with E-state index in [0.29, 0.717) is 11.6 Å². The van der Waals surface area contributed by atoms with Gasteiger partial charge in [0.1, 0.15) is 11.4 Å². The molecule has 0 radical (unpaired) electrons. The minimum atomic E-state index is -0.374. The first kappa shape index (κ1) is 20.9. The topological polar surface area (TPSA) is 82.1 Å². The number of carbonyl (C=O) groups excluding carboxylic acids is 1. The summed E-state index contributed by atoms with van der Waals surface area (Å²) in [5, 5.41) is 6.92. The van der Waals surface area contributed by atoms with E-state index in [1.54, 1.807) is 0 Å². The first-order valence-electron chi connectivity index (χ1n) is 11.2. The van der Waals surface area contributed by atoms with Crippen LogP contribution in [0.25, 0.3) is 0 Å². The van der Waals surface area contributed by atoms with Crippen LogP contribution in [0.2, 0.25) is 0 Å². The zero-order valence-corrected chi connectivity index (χ0v) is 18.9. The lowest BCUT2D eigenvalue weighted by Crippen LogP contribution is -2.29. The molecule has 2 heterocycles. The number of hydrogen-bond acceptors (Lipinski definition) is 4. The molecular formula is C23H34N4O3. The van der Waals surface area contributed by atoms with Crippen molar-refractivity contribution in [3.05, 3.63) is 33.1 Å². The van der Waals surface area contributed by atoms with Crippen LogP contribution in [0.3, 0.4) is 0 Å². The number of nitrogens with zero attached hydrogens (tertiary/aromatic N) is 3. The molecule has 1 amide bonds. The Morgan fingerprint density at radius 1 is 1.17 bits per heavy atom. The largest absolute Gasteiger partial charge is 0.360 e. The average molecular weight is 415 g/mol. The molecule has 2 aromatic heterocycles. The van der Waals surface area contributed by atoms with Crippen molar-refractivity contribution in [1.82, 2.24) is 14.5 Å². The van der Waals surface area contributed by atoms with Gasteiger partial charge in [-0.15, -0.1) is 0 Å². The van der Waals surface area contributed by atoms with E-state index in [0.717, 1.165) is 62.0 Å². The van der Waals surface area contributed by atoms with Crippen LogP contribution in [0, 0.1) is 19.3 Å². The van der Waals surface area contributed by atoms with Gasteiger partial charge < -0.3 is 9.84 Å². The van der Waals surface area contributed by atoms with Crippen molar-refractivity contribution in [3.8, 4) is 0 Å². The highest BCUT2D eigenvalue weighted by molar-refractivity contribution is 6.04. The van der Waals surface area contributed by atoms with Gasteiger partial charge >= 0.3 is 0 Å². The number of rotatable bonds is 4. The minimum Gasteiger partial charge on any atom is -0.360 e. The molecular weight excluding hydrogens is 380 g/mol. The van der Waals surface area contributed by atoms with Crippen molar-refractivity contribution in [2.75, 3.05) is 5.32 Å². The molecule has 1 N–H and O–H groups in total. The summed E-state index contributed by atoms with van der Waals surface area (Å²) < 4.78 is 9.31. The van der Waals surface area contributed by atoms with Crippen LogP contribution in [0.1, 0.15) is 105 Å². The minimum absolute atomic E-state index is 0.130. The molecule has 0 aromatic carbocycles. The lowest BCUT2D eigenvalue weighted by Gasteiger charge is -2.24. The fraction of sp³-hybridized carbons (Fsp3) is 0.696. The quantitative estimate of drug-likeness (QED) is 0.776. The van der Waals surface area contributed by atoms with Gasteiger partial charge in [0.05, 0.1) is 11.7 Å². The molecule has 30 heavy (non-hydrogen) atoms. The summed E-state index contributed by atoms with van der Waals surface area (Å²) in [4.78, 5) is 26.1. The summed E-state index contributed by atoms with van der Waals surface area (Å²) in [6.45, 7) is 8.30. The smallest absolute Gasteiger partial charge is 0.291 e. The fourth-order valence-corrected chi connectivity index (χ4v) is 5.38. The second-order valence-corrected chi connectivity index (χ2v) is 10.0. The summed E-state index contributed by atoms with van der Waals surface area (Å²) in [7, 11) is 1.89. The third-order valence-corrected chi connectivity index (χ3v) is 7.27. The highest BCUT2D eigenvalue weighted by atomic mass is 16.5. The number of carbonyl (C=O) groups is 1. The van der Waals surface area contributed by atoms with Crippen LogP contribution in [0.15, 0.2) is 9.32 Å². The second-order valence-electron chi connectivity index (χ2n) is 10.0. The van der Waals surface area contributed by atoms with Crippen LogP contribution in [0.5, 0.6) is 0 Å². The standard InChI is InChI=1S/C23H34N4O3/c1-14-18(25-30-20(14)16-11-12-23(3,4)13-16)21(28)24-19-15(2)26(5)27(22(19)29)17-9-7-6-8-10-17/h16-17H,6-13H2,1-5H3,(H,24,28). The molecule has 0 bridgehead atoms. The number of aromatic nitrogens is 3. The molecule has 2 aromatic rings. The van der Waals surface area contributed by atoms with E-state index < -0.39 is 0 Å². The van der Waals surface area contributed by atoms with E-state index in [1.807, 2.05) is 30.3 Å². The maximum atomic E-state index is 13.1. The molecule has 2 fully saturated rings. The third kappa shape index (κ3) is 3.63. The number of hydrogen-bond donors (Lipinski definition) is 1. The summed E-state index contributed by atoms with van der Waals surface area (Å²) in [5.41, 5.74) is 2.33.